The molecule has 2 aromatic rings. The Kier molecular flexibility index (Phi) is 3.72. The van der Waals surface area contributed by atoms with Gasteiger partial charge in [-0.15, -0.1) is 11.6 Å². The maximum Gasteiger partial charge on any atom is 0.125 e. The topological polar surface area (TPSA) is 17.8 Å². The molecule has 1 atom stereocenters. The second-order valence-electron chi connectivity index (χ2n) is 5.42. The van der Waals surface area contributed by atoms with Gasteiger partial charge in [-0.3, -0.25) is 0 Å². The van der Waals surface area contributed by atoms with Crippen molar-refractivity contribution in [1.82, 2.24) is 9.55 Å². The van der Waals surface area contributed by atoms with Gasteiger partial charge in [-0.05, 0) is 37.8 Å². The number of alkyl halides is 1. The number of benzene rings is 1. The minimum absolute atomic E-state index is 0.433. The highest BCUT2D eigenvalue weighted by molar-refractivity contribution is 6.35. The summed E-state index contributed by atoms with van der Waals surface area (Å²) in [5.41, 5.74) is 1.99. The molecule has 0 bridgehead atoms. The number of imidazole rings is 1. The molecule has 1 fully saturated rings. The number of rotatable bonds is 3. The molecule has 1 saturated carbocycles. The third-order valence-corrected chi connectivity index (χ3v) is 4.90. The number of fused-ring (bicyclic) bond motifs is 1. The fraction of sp³-hybridized carbons (Fsp3) is 0.533. The lowest BCUT2D eigenvalue weighted by molar-refractivity contribution is 0.362. The van der Waals surface area contributed by atoms with Gasteiger partial charge in [0.2, 0.25) is 0 Å². The Balaban J connectivity index is 2.12. The van der Waals surface area contributed by atoms with Crippen LogP contribution in [0.25, 0.3) is 11.0 Å². The van der Waals surface area contributed by atoms with Crippen LogP contribution in [-0.2, 0) is 5.88 Å². The largest absolute Gasteiger partial charge is 0.324 e. The van der Waals surface area contributed by atoms with Gasteiger partial charge in [0.05, 0.1) is 16.4 Å². The van der Waals surface area contributed by atoms with Crippen molar-refractivity contribution in [2.24, 2.45) is 5.92 Å². The summed E-state index contributed by atoms with van der Waals surface area (Å²) in [6.07, 6.45) is 5.31. The molecule has 2 nitrogen and oxygen atoms in total. The van der Waals surface area contributed by atoms with Gasteiger partial charge in [-0.2, -0.15) is 0 Å². The van der Waals surface area contributed by atoms with Gasteiger partial charge in [0, 0.05) is 6.04 Å². The molecule has 19 heavy (non-hydrogen) atoms. The van der Waals surface area contributed by atoms with Gasteiger partial charge < -0.3 is 4.57 Å². The van der Waals surface area contributed by atoms with E-state index in [0.29, 0.717) is 16.9 Å². The second-order valence-corrected chi connectivity index (χ2v) is 6.10. The van der Waals surface area contributed by atoms with Crippen molar-refractivity contribution in [2.75, 3.05) is 0 Å². The maximum absolute atomic E-state index is 6.24. The third kappa shape index (κ3) is 2.25. The summed E-state index contributed by atoms with van der Waals surface area (Å²) >= 11 is 12.3. The monoisotopic (exact) mass is 296 g/mol. The fourth-order valence-electron chi connectivity index (χ4n) is 3.33. The Morgan fingerprint density at radius 2 is 2.11 bits per heavy atom. The molecule has 1 aliphatic rings. The maximum atomic E-state index is 6.24. The molecule has 1 heterocycles. The van der Waals surface area contributed by atoms with Crippen LogP contribution in [0.15, 0.2) is 18.2 Å². The number of halogens is 2. The molecule has 1 aliphatic carbocycles. The Hall–Kier alpha value is -0.730. The average molecular weight is 297 g/mol. The average Bonchev–Trinajstić information content (AvgIpc) is 3.05. The highest BCUT2D eigenvalue weighted by Crippen LogP contribution is 2.37. The van der Waals surface area contributed by atoms with Crippen LogP contribution in [0.4, 0.5) is 0 Å². The van der Waals surface area contributed by atoms with Crippen LogP contribution in [0, 0.1) is 5.92 Å². The van der Waals surface area contributed by atoms with E-state index >= 15 is 0 Å². The number of aromatic nitrogens is 2. The summed E-state index contributed by atoms with van der Waals surface area (Å²) < 4.78 is 2.30. The van der Waals surface area contributed by atoms with Crippen LogP contribution in [0.1, 0.15) is 44.5 Å². The zero-order valence-corrected chi connectivity index (χ0v) is 12.6. The standard InChI is InChI=1S/C15H18Cl2N2/c1-10(11-5-2-3-6-11)19-13-8-4-7-12(17)15(13)18-14(19)9-16/h4,7-8,10-11H,2-3,5-6,9H2,1H3. The molecular weight excluding hydrogens is 279 g/mol. The van der Waals surface area contributed by atoms with E-state index in [9.17, 15) is 0 Å². The van der Waals surface area contributed by atoms with Crippen LogP contribution in [-0.4, -0.2) is 9.55 Å². The summed E-state index contributed by atoms with van der Waals surface area (Å²) in [7, 11) is 0. The first-order valence-corrected chi connectivity index (χ1v) is 7.85. The van der Waals surface area contributed by atoms with E-state index in [1.165, 1.54) is 25.7 Å². The number of hydrogen-bond donors (Lipinski definition) is 0. The van der Waals surface area contributed by atoms with Gasteiger partial charge in [-0.1, -0.05) is 30.5 Å². The van der Waals surface area contributed by atoms with Gasteiger partial charge in [0.1, 0.15) is 11.3 Å². The van der Waals surface area contributed by atoms with Crippen molar-refractivity contribution in [3.8, 4) is 0 Å². The first-order chi connectivity index (χ1) is 9.22. The van der Waals surface area contributed by atoms with E-state index in [-0.39, 0.29) is 0 Å². The second kappa shape index (κ2) is 5.34. The van der Waals surface area contributed by atoms with Crippen LogP contribution in [0.2, 0.25) is 5.02 Å². The van der Waals surface area contributed by atoms with E-state index < -0.39 is 0 Å². The molecule has 1 aromatic carbocycles. The molecule has 0 spiro atoms. The molecule has 0 radical (unpaired) electrons. The van der Waals surface area contributed by atoms with Crippen LogP contribution in [0.5, 0.6) is 0 Å². The molecular formula is C15H18Cl2N2. The van der Waals surface area contributed by atoms with Crippen LogP contribution >= 0.6 is 23.2 Å². The normalized spacial score (nSPS) is 18.3. The summed E-state index contributed by atoms with van der Waals surface area (Å²) in [5.74, 6) is 2.10. The molecule has 3 rings (SSSR count). The summed E-state index contributed by atoms with van der Waals surface area (Å²) in [6.45, 7) is 2.29. The quantitative estimate of drug-likeness (QED) is 0.714. The lowest BCUT2D eigenvalue weighted by atomic mass is 9.99. The smallest absolute Gasteiger partial charge is 0.125 e. The van der Waals surface area contributed by atoms with Crippen molar-refractivity contribution >= 4 is 34.2 Å². The highest BCUT2D eigenvalue weighted by atomic mass is 35.5. The van der Waals surface area contributed by atoms with Gasteiger partial charge >= 0.3 is 0 Å². The van der Waals surface area contributed by atoms with Crippen molar-refractivity contribution in [1.29, 1.82) is 0 Å². The Labute approximate surface area is 123 Å². The Morgan fingerprint density at radius 1 is 1.37 bits per heavy atom. The van der Waals surface area contributed by atoms with Crippen molar-refractivity contribution in [3.63, 3.8) is 0 Å². The fourth-order valence-corrected chi connectivity index (χ4v) is 3.73. The summed E-state index contributed by atoms with van der Waals surface area (Å²) in [6, 6.07) is 6.41. The van der Waals surface area contributed by atoms with Gasteiger partial charge in [0.15, 0.2) is 0 Å². The van der Waals surface area contributed by atoms with E-state index in [4.69, 9.17) is 23.2 Å². The van der Waals surface area contributed by atoms with Crippen molar-refractivity contribution < 1.29 is 0 Å². The number of para-hydroxylation sites is 1. The van der Waals surface area contributed by atoms with Gasteiger partial charge in [-0.25, -0.2) is 4.98 Å². The molecule has 0 amide bonds. The zero-order valence-electron chi connectivity index (χ0n) is 11.1. The molecule has 1 unspecified atom stereocenters. The summed E-state index contributed by atoms with van der Waals surface area (Å²) in [5, 5.41) is 0.709. The highest BCUT2D eigenvalue weighted by Gasteiger charge is 2.26. The van der Waals surface area contributed by atoms with Crippen molar-refractivity contribution in [3.05, 3.63) is 29.0 Å². The Bertz CT molecular complexity index is 585. The van der Waals surface area contributed by atoms with E-state index in [2.05, 4.69) is 22.5 Å². The molecule has 0 aliphatic heterocycles. The van der Waals surface area contributed by atoms with E-state index in [0.717, 1.165) is 22.8 Å². The molecule has 1 aromatic heterocycles. The van der Waals surface area contributed by atoms with Gasteiger partial charge in [0.25, 0.3) is 0 Å². The minimum atomic E-state index is 0.433. The van der Waals surface area contributed by atoms with E-state index in [1.807, 2.05) is 12.1 Å². The molecule has 102 valence electrons. The minimum Gasteiger partial charge on any atom is -0.324 e. The molecule has 0 saturated heterocycles. The van der Waals surface area contributed by atoms with Crippen LogP contribution < -0.4 is 0 Å². The summed E-state index contributed by atoms with van der Waals surface area (Å²) in [4.78, 5) is 4.62. The number of hydrogen-bond acceptors (Lipinski definition) is 1. The SMILES string of the molecule is CC(C1CCCC1)n1c(CCl)nc2c(Cl)cccc21. The predicted molar refractivity (Wildman–Crippen MR) is 81.0 cm³/mol. The van der Waals surface area contributed by atoms with Crippen LogP contribution in [0.3, 0.4) is 0 Å². The zero-order chi connectivity index (χ0) is 13.4. The first kappa shape index (κ1) is 13.3. The Morgan fingerprint density at radius 3 is 2.79 bits per heavy atom. The van der Waals surface area contributed by atoms with Crippen molar-refractivity contribution in [2.45, 2.75) is 44.5 Å². The molecule has 0 N–H and O–H groups in total. The number of nitrogens with zero attached hydrogens (tertiary/aromatic N) is 2. The lowest BCUT2D eigenvalue weighted by Gasteiger charge is -2.23. The third-order valence-electron chi connectivity index (χ3n) is 4.35. The van der Waals surface area contributed by atoms with E-state index in [1.54, 1.807) is 0 Å². The predicted octanol–water partition coefficient (Wildman–Crippen LogP) is 5.18. The first-order valence-electron chi connectivity index (χ1n) is 6.93. The lowest BCUT2D eigenvalue weighted by Crippen LogP contribution is -2.16. The molecule has 4 heteroatoms.